The number of hydrogen-bond acceptors (Lipinski definition) is 4. The highest BCUT2D eigenvalue weighted by Gasteiger charge is 2.09. The van der Waals surface area contributed by atoms with Crippen LogP contribution < -0.4 is 10.5 Å². The Balaban J connectivity index is 2.16. The van der Waals surface area contributed by atoms with Gasteiger partial charge in [-0.25, -0.2) is 9.97 Å². The molecule has 0 saturated heterocycles. The average molecular weight is 286 g/mol. The minimum Gasteiger partial charge on any atom is -0.497 e. The summed E-state index contributed by atoms with van der Waals surface area (Å²) in [5.74, 6) is 1.11. The molecule has 3 aromatic rings. The summed E-state index contributed by atoms with van der Waals surface area (Å²) >= 11 is 6.16. The fourth-order valence-corrected chi connectivity index (χ4v) is 2.29. The third kappa shape index (κ3) is 2.14. The fourth-order valence-electron chi connectivity index (χ4n) is 2.08. The van der Waals surface area contributed by atoms with Crippen LogP contribution in [0.4, 0.5) is 5.82 Å². The number of fused-ring (bicyclic) bond motifs is 1. The molecule has 20 heavy (non-hydrogen) atoms. The van der Waals surface area contributed by atoms with Crippen LogP contribution in [0.25, 0.3) is 22.0 Å². The largest absolute Gasteiger partial charge is 0.497 e. The number of anilines is 1. The van der Waals surface area contributed by atoms with Gasteiger partial charge in [-0.3, -0.25) is 0 Å². The van der Waals surface area contributed by atoms with E-state index in [1.807, 2.05) is 36.4 Å². The lowest BCUT2D eigenvalue weighted by Gasteiger charge is -2.07. The topological polar surface area (TPSA) is 61.0 Å². The molecule has 0 aliphatic carbocycles. The minimum absolute atomic E-state index is 0.284. The van der Waals surface area contributed by atoms with Crippen molar-refractivity contribution in [2.75, 3.05) is 12.8 Å². The van der Waals surface area contributed by atoms with Crippen LogP contribution >= 0.6 is 11.6 Å². The van der Waals surface area contributed by atoms with Gasteiger partial charge >= 0.3 is 0 Å². The van der Waals surface area contributed by atoms with Crippen LogP contribution in [0.5, 0.6) is 5.75 Å². The lowest BCUT2D eigenvalue weighted by atomic mass is 10.0. The van der Waals surface area contributed by atoms with Gasteiger partial charge in [0.25, 0.3) is 0 Å². The highest BCUT2D eigenvalue weighted by atomic mass is 35.5. The van der Waals surface area contributed by atoms with Crippen molar-refractivity contribution in [3.8, 4) is 17.0 Å². The van der Waals surface area contributed by atoms with Crippen molar-refractivity contribution >= 4 is 28.2 Å². The molecule has 0 spiro atoms. The zero-order valence-electron chi connectivity index (χ0n) is 10.8. The van der Waals surface area contributed by atoms with E-state index in [1.165, 1.54) is 6.33 Å². The molecular formula is C15H12ClN3O. The van der Waals surface area contributed by atoms with Gasteiger partial charge in [0, 0.05) is 5.56 Å². The van der Waals surface area contributed by atoms with E-state index in [-0.39, 0.29) is 5.82 Å². The summed E-state index contributed by atoms with van der Waals surface area (Å²) in [5.41, 5.74) is 7.25. The van der Waals surface area contributed by atoms with Gasteiger partial charge in [0.1, 0.15) is 22.9 Å². The summed E-state index contributed by atoms with van der Waals surface area (Å²) in [6.45, 7) is 0. The number of halogens is 1. The SMILES string of the molecule is COc1ccc2cc(-c3ncnc(N)c3Cl)ccc2c1. The Labute approximate surface area is 121 Å². The lowest BCUT2D eigenvalue weighted by Crippen LogP contribution is -1.95. The first-order chi connectivity index (χ1) is 9.69. The number of benzene rings is 2. The average Bonchev–Trinajstić information content (AvgIpc) is 2.49. The molecule has 0 saturated carbocycles. The van der Waals surface area contributed by atoms with Gasteiger partial charge in [0.2, 0.25) is 0 Å². The van der Waals surface area contributed by atoms with E-state index >= 15 is 0 Å². The van der Waals surface area contributed by atoms with Crippen LogP contribution in [0, 0.1) is 0 Å². The third-order valence-electron chi connectivity index (χ3n) is 3.14. The molecule has 0 atom stereocenters. The maximum atomic E-state index is 6.16. The number of hydrogen-bond donors (Lipinski definition) is 1. The van der Waals surface area contributed by atoms with Crippen LogP contribution in [0.15, 0.2) is 42.7 Å². The van der Waals surface area contributed by atoms with Gasteiger partial charge < -0.3 is 10.5 Å². The molecule has 0 aliphatic rings. The van der Waals surface area contributed by atoms with E-state index in [4.69, 9.17) is 22.1 Å². The quantitative estimate of drug-likeness (QED) is 0.782. The Morgan fingerprint density at radius 1 is 1.05 bits per heavy atom. The number of ether oxygens (including phenoxy) is 1. The highest BCUT2D eigenvalue weighted by molar-refractivity contribution is 6.35. The van der Waals surface area contributed by atoms with Gasteiger partial charge in [-0.15, -0.1) is 0 Å². The zero-order valence-corrected chi connectivity index (χ0v) is 11.6. The Bertz CT molecular complexity index is 789. The summed E-state index contributed by atoms with van der Waals surface area (Å²) in [6, 6.07) is 11.9. The Morgan fingerprint density at radius 2 is 1.80 bits per heavy atom. The maximum absolute atomic E-state index is 6.16. The lowest BCUT2D eigenvalue weighted by molar-refractivity contribution is 0.415. The summed E-state index contributed by atoms with van der Waals surface area (Å²) in [4.78, 5) is 8.07. The monoisotopic (exact) mass is 285 g/mol. The first-order valence-corrected chi connectivity index (χ1v) is 6.41. The van der Waals surface area contributed by atoms with Crippen molar-refractivity contribution in [1.29, 1.82) is 0 Å². The van der Waals surface area contributed by atoms with Crippen molar-refractivity contribution in [1.82, 2.24) is 9.97 Å². The van der Waals surface area contributed by atoms with E-state index in [0.29, 0.717) is 10.7 Å². The van der Waals surface area contributed by atoms with E-state index in [2.05, 4.69) is 9.97 Å². The Kier molecular flexibility index (Phi) is 3.16. The summed E-state index contributed by atoms with van der Waals surface area (Å²) in [7, 11) is 1.65. The normalized spacial score (nSPS) is 10.7. The van der Waals surface area contributed by atoms with Crippen LogP contribution in [0.1, 0.15) is 0 Å². The van der Waals surface area contributed by atoms with E-state index in [9.17, 15) is 0 Å². The van der Waals surface area contributed by atoms with Gasteiger partial charge in [-0.1, -0.05) is 29.8 Å². The molecule has 5 heteroatoms. The predicted octanol–water partition coefficient (Wildman–Crippen LogP) is 3.54. The fraction of sp³-hybridized carbons (Fsp3) is 0.0667. The molecule has 0 unspecified atom stereocenters. The molecule has 1 heterocycles. The molecule has 3 rings (SSSR count). The van der Waals surface area contributed by atoms with Crippen LogP contribution in [-0.2, 0) is 0 Å². The Hall–Kier alpha value is -2.33. The van der Waals surface area contributed by atoms with E-state index < -0.39 is 0 Å². The second-order valence-corrected chi connectivity index (χ2v) is 4.73. The number of methoxy groups -OCH3 is 1. The van der Waals surface area contributed by atoms with Gasteiger partial charge in [0.05, 0.1) is 12.8 Å². The third-order valence-corrected chi connectivity index (χ3v) is 3.51. The molecule has 4 nitrogen and oxygen atoms in total. The molecule has 0 amide bonds. The predicted molar refractivity (Wildman–Crippen MR) is 80.9 cm³/mol. The smallest absolute Gasteiger partial charge is 0.146 e. The van der Waals surface area contributed by atoms with E-state index in [0.717, 1.165) is 22.1 Å². The molecule has 1 aromatic heterocycles. The van der Waals surface area contributed by atoms with Crippen LogP contribution in [0.3, 0.4) is 0 Å². The van der Waals surface area contributed by atoms with Crippen LogP contribution in [0.2, 0.25) is 5.02 Å². The van der Waals surface area contributed by atoms with Crippen molar-refractivity contribution in [2.45, 2.75) is 0 Å². The van der Waals surface area contributed by atoms with Gasteiger partial charge in [-0.2, -0.15) is 0 Å². The number of aromatic nitrogens is 2. The first kappa shape index (κ1) is 12.7. The molecule has 0 bridgehead atoms. The van der Waals surface area contributed by atoms with Gasteiger partial charge in [-0.05, 0) is 29.0 Å². The molecule has 2 aromatic carbocycles. The molecule has 2 N–H and O–H groups in total. The second-order valence-electron chi connectivity index (χ2n) is 4.35. The molecule has 0 fully saturated rings. The summed E-state index contributed by atoms with van der Waals surface area (Å²) in [6.07, 6.45) is 1.41. The molecular weight excluding hydrogens is 274 g/mol. The maximum Gasteiger partial charge on any atom is 0.146 e. The second kappa shape index (κ2) is 4.98. The van der Waals surface area contributed by atoms with Crippen molar-refractivity contribution in [3.05, 3.63) is 47.7 Å². The first-order valence-electron chi connectivity index (χ1n) is 6.03. The number of nitrogens with zero attached hydrogens (tertiary/aromatic N) is 2. The number of nitrogen functional groups attached to an aromatic ring is 1. The van der Waals surface area contributed by atoms with E-state index in [1.54, 1.807) is 7.11 Å². The van der Waals surface area contributed by atoms with Crippen molar-refractivity contribution in [2.24, 2.45) is 0 Å². The minimum atomic E-state index is 0.284. The molecule has 100 valence electrons. The molecule has 0 aliphatic heterocycles. The summed E-state index contributed by atoms with van der Waals surface area (Å²) in [5, 5.41) is 2.54. The van der Waals surface area contributed by atoms with Crippen LogP contribution in [-0.4, -0.2) is 17.1 Å². The van der Waals surface area contributed by atoms with Crippen molar-refractivity contribution < 1.29 is 4.74 Å². The Morgan fingerprint density at radius 3 is 2.60 bits per heavy atom. The molecule has 0 radical (unpaired) electrons. The van der Waals surface area contributed by atoms with Crippen molar-refractivity contribution in [3.63, 3.8) is 0 Å². The van der Waals surface area contributed by atoms with Gasteiger partial charge in [0.15, 0.2) is 0 Å². The highest BCUT2D eigenvalue weighted by Crippen LogP contribution is 2.31. The zero-order chi connectivity index (χ0) is 14.1. The number of nitrogens with two attached hydrogens (primary N) is 1. The summed E-state index contributed by atoms with van der Waals surface area (Å²) < 4.78 is 5.21. The number of rotatable bonds is 2. The standard InChI is InChI=1S/C15H12ClN3O/c1-20-12-5-4-9-6-11(3-2-10(9)7-12)14-13(16)15(17)19-8-18-14/h2-8H,1H3,(H2,17,18,19).